The Morgan fingerprint density at radius 2 is 1.86 bits per heavy atom. The normalized spacial score (nSPS) is 17.7. The molecule has 2 aliphatic rings. The zero-order valence-corrected chi connectivity index (χ0v) is 16.6. The Morgan fingerprint density at radius 1 is 1.14 bits per heavy atom. The number of aromatic nitrogens is 1. The quantitative estimate of drug-likeness (QED) is 0.746. The van der Waals surface area contributed by atoms with Gasteiger partial charge in [-0.25, -0.2) is 4.79 Å². The number of carbonyl (C=O) groups is 2. The molecule has 1 amide bonds. The number of hydrogen-bond acceptors (Lipinski definition) is 5. The first-order valence-corrected chi connectivity index (χ1v) is 10.1. The van der Waals surface area contributed by atoms with Crippen LogP contribution in [0.4, 0.5) is 0 Å². The van der Waals surface area contributed by atoms with Crippen LogP contribution in [-0.2, 0) is 16.1 Å². The summed E-state index contributed by atoms with van der Waals surface area (Å²) < 4.78 is 5.32. The number of pyridine rings is 1. The number of fused-ring (bicyclic) bond motifs is 1. The first kappa shape index (κ1) is 18.9. The molecule has 6 nitrogen and oxygen atoms in total. The molecule has 0 bridgehead atoms. The highest BCUT2D eigenvalue weighted by Crippen LogP contribution is 2.31. The summed E-state index contributed by atoms with van der Waals surface area (Å²) in [6.45, 7) is 7.80. The van der Waals surface area contributed by atoms with Crippen LogP contribution in [0, 0.1) is 12.8 Å². The molecule has 1 aliphatic carbocycles. The lowest BCUT2D eigenvalue weighted by Gasteiger charge is -2.35. The van der Waals surface area contributed by atoms with Gasteiger partial charge < -0.3 is 9.64 Å². The van der Waals surface area contributed by atoms with E-state index in [0.717, 1.165) is 61.2 Å². The molecule has 0 N–H and O–H groups in total. The van der Waals surface area contributed by atoms with Gasteiger partial charge in [0.15, 0.2) is 0 Å². The Labute approximate surface area is 165 Å². The van der Waals surface area contributed by atoms with Crippen LogP contribution in [-0.4, -0.2) is 59.4 Å². The summed E-state index contributed by atoms with van der Waals surface area (Å²) in [6, 6.07) is 7.89. The summed E-state index contributed by atoms with van der Waals surface area (Å²) in [6.07, 6.45) is 2.09. The monoisotopic (exact) mass is 381 g/mol. The molecule has 0 unspecified atom stereocenters. The van der Waals surface area contributed by atoms with E-state index in [2.05, 4.69) is 4.90 Å². The van der Waals surface area contributed by atoms with Gasteiger partial charge in [0.05, 0.1) is 23.4 Å². The molecule has 1 aromatic carbocycles. The molecule has 28 heavy (non-hydrogen) atoms. The maximum atomic E-state index is 12.7. The second kappa shape index (κ2) is 7.87. The summed E-state index contributed by atoms with van der Waals surface area (Å²) in [5, 5.41) is 0.981. The highest BCUT2D eigenvalue weighted by Gasteiger charge is 2.34. The molecule has 0 spiro atoms. The van der Waals surface area contributed by atoms with Gasteiger partial charge in [-0.1, -0.05) is 18.2 Å². The lowest BCUT2D eigenvalue weighted by Crippen LogP contribution is -2.49. The fourth-order valence-corrected chi connectivity index (χ4v) is 3.96. The van der Waals surface area contributed by atoms with Crippen molar-refractivity contribution in [3.63, 3.8) is 0 Å². The summed E-state index contributed by atoms with van der Waals surface area (Å²) in [5.74, 6) is 0.272. The van der Waals surface area contributed by atoms with Crippen LogP contribution in [0.3, 0.4) is 0 Å². The Hall–Kier alpha value is -2.47. The van der Waals surface area contributed by atoms with E-state index in [1.165, 1.54) is 0 Å². The van der Waals surface area contributed by atoms with Gasteiger partial charge in [-0.15, -0.1) is 0 Å². The summed E-state index contributed by atoms with van der Waals surface area (Å²) in [5.41, 5.74) is 3.15. The maximum absolute atomic E-state index is 12.7. The van der Waals surface area contributed by atoms with Gasteiger partial charge in [-0.3, -0.25) is 14.7 Å². The van der Waals surface area contributed by atoms with Gasteiger partial charge in [0.2, 0.25) is 5.91 Å². The number of aryl methyl sites for hydroxylation is 1. The van der Waals surface area contributed by atoms with Gasteiger partial charge in [0.1, 0.15) is 0 Å². The van der Waals surface area contributed by atoms with Crippen LogP contribution >= 0.6 is 0 Å². The third kappa shape index (κ3) is 3.74. The van der Waals surface area contributed by atoms with Gasteiger partial charge in [-0.05, 0) is 38.3 Å². The van der Waals surface area contributed by atoms with Crippen molar-refractivity contribution in [1.82, 2.24) is 14.8 Å². The van der Waals surface area contributed by atoms with Crippen LogP contribution in [0.2, 0.25) is 0 Å². The first-order chi connectivity index (χ1) is 13.6. The van der Waals surface area contributed by atoms with Crippen molar-refractivity contribution in [2.24, 2.45) is 5.92 Å². The Kier molecular flexibility index (Phi) is 5.31. The van der Waals surface area contributed by atoms with Crippen LogP contribution in [0.15, 0.2) is 24.3 Å². The van der Waals surface area contributed by atoms with Gasteiger partial charge in [-0.2, -0.15) is 0 Å². The third-order valence-electron chi connectivity index (χ3n) is 5.69. The summed E-state index contributed by atoms with van der Waals surface area (Å²) in [7, 11) is 0. The van der Waals surface area contributed by atoms with Crippen molar-refractivity contribution in [1.29, 1.82) is 0 Å². The van der Waals surface area contributed by atoms with Crippen molar-refractivity contribution in [2.45, 2.75) is 33.2 Å². The number of nitrogens with zero attached hydrogens (tertiary/aromatic N) is 3. The fraction of sp³-hybridized carbons (Fsp3) is 0.500. The predicted octanol–water partition coefficient (Wildman–Crippen LogP) is 2.77. The number of esters is 1. The molecule has 6 heteroatoms. The highest BCUT2D eigenvalue weighted by molar-refractivity contribution is 5.98. The molecule has 148 valence electrons. The second-order valence-electron chi connectivity index (χ2n) is 7.67. The zero-order chi connectivity index (χ0) is 19.7. The lowest BCUT2D eigenvalue weighted by molar-refractivity contribution is -0.134. The Balaban J connectivity index is 1.56. The molecule has 1 aromatic heterocycles. The lowest BCUT2D eigenvalue weighted by atomic mass is 10.0. The first-order valence-electron chi connectivity index (χ1n) is 10.1. The van der Waals surface area contributed by atoms with E-state index < -0.39 is 0 Å². The molecule has 2 heterocycles. The predicted molar refractivity (Wildman–Crippen MR) is 107 cm³/mol. The minimum Gasteiger partial charge on any atom is -0.462 e. The number of piperazine rings is 1. The summed E-state index contributed by atoms with van der Waals surface area (Å²) in [4.78, 5) is 34.0. The maximum Gasteiger partial charge on any atom is 0.340 e. The van der Waals surface area contributed by atoms with E-state index >= 15 is 0 Å². The van der Waals surface area contributed by atoms with Crippen LogP contribution < -0.4 is 0 Å². The number of amides is 1. The molecule has 1 saturated carbocycles. The second-order valence-corrected chi connectivity index (χ2v) is 7.67. The van der Waals surface area contributed by atoms with Crippen LogP contribution in [0.1, 0.15) is 41.4 Å². The van der Waals surface area contributed by atoms with Gasteiger partial charge >= 0.3 is 5.97 Å². The van der Waals surface area contributed by atoms with Gasteiger partial charge in [0.25, 0.3) is 0 Å². The number of carbonyl (C=O) groups excluding carboxylic acids is 2. The molecule has 0 atom stereocenters. The van der Waals surface area contributed by atoms with Crippen molar-refractivity contribution in [3.05, 3.63) is 41.1 Å². The number of rotatable bonds is 5. The molecule has 1 aliphatic heterocycles. The third-order valence-corrected chi connectivity index (χ3v) is 5.69. The van der Waals surface area contributed by atoms with E-state index in [9.17, 15) is 9.59 Å². The van der Waals surface area contributed by atoms with Crippen LogP contribution in [0.5, 0.6) is 0 Å². The molecule has 0 radical (unpaired) electrons. The molecule has 4 rings (SSSR count). The average Bonchev–Trinajstić information content (AvgIpc) is 3.54. The fourth-order valence-electron chi connectivity index (χ4n) is 3.96. The molecule has 1 saturated heterocycles. The highest BCUT2D eigenvalue weighted by atomic mass is 16.5. The van der Waals surface area contributed by atoms with E-state index in [-0.39, 0.29) is 11.9 Å². The molecule has 2 aromatic rings. The SMILES string of the molecule is CCOC(=O)c1c(CN2CCN(C(=O)C3CC3)CC2)nc2ccccc2c1C. The van der Waals surface area contributed by atoms with Crippen LogP contribution in [0.25, 0.3) is 10.9 Å². The molecular formula is C22H27N3O3. The average molecular weight is 381 g/mol. The molecule has 2 fully saturated rings. The minimum absolute atomic E-state index is 0.270. The standard InChI is InChI=1S/C22H27N3O3/c1-3-28-22(27)20-15(2)17-6-4-5-7-18(17)23-19(20)14-24-10-12-25(13-11-24)21(26)16-8-9-16/h4-7,16H,3,8-14H2,1-2H3. The number of para-hydroxylation sites is 1. The number of ether oxygens (including phenoxy) is 1. The van der Waals surface area contributed by atoms with Gasteiger partial charge in [0, 0.05) is 44.0 Å². The van der Waals surface area contributed by atoms with E-state index in [1.807, 2.05) is 43.0 Å². The topological polar surface area (TPSA) is 62.7 Å². The van der Waals surface area contributed by atoms with E-state index in [1.54, 1.807) is 0 Å². The molecular weight excluding hydrogens is 354 g/mol. The van der Waals surface area contributed by atoms with Crippen molar-refractivity contribution < 1.29 is 14.3 Å². The Bertz CT molecular complexity index is 899. The zero-order valence-electron chi connectivity index (χ0n) is 16.6. The smallest absolute Gasteiger partial charge is 0.340 e. The van der Waals surface area contributed by atoms with E-state index in [0.29, 0.717) is 24.6 Å². The number of benzene rings is 1. The Morgan fingerprint density at radius 3 is 2.54 bits per heavy atom. The van der Waals surface area contributed by atoms with E-state index in [4.69, 9.17) is 9.72 Å². The number of hydrogen-bond donors (Lipinski definition) is 0. The van der Waals surface area contributed by atoms with Crippen molar-refractivity contribution >= 4 is 22.8 Å². The minimum atomic E-state index is -0.309. The summed E-state index contributed by atoms with van der Waals surface area (Å²) >= 11 is 0. The largest absolute Gasteiger partial charge is 0.462 e. The van der Waals surface area contributed by atoms with Crippen molar-refractivity contribution in [2.75, 3.05) is 32.8 Å². The van der Waals surface area contributed by atoms with Crippen molar-refractivity contribution in [3.8, 4) is 0 Å².